The van der Waals surface area contributed by atoms with Crippen molar-refractivity contribution in [1.82, 2.24) is 5.32 Å². The Morgan fingerprint density at radius 1 is 0.830 bits per heavy atom. The first-order chi connectivity index (χ1) is 25.2. The van der Waals surface area contributed by atoms with Crippen LogP contribution in [-0.4, -0.2) is 107 Å². The number of phosphoric ester groups is 1. The number of quaternary nitrogens is 1. The van der Waals surface area contributed by atoms with Crippen LogP contribution in [0.1, 0.15) is 149 Å². The molecule has 1 saturated carbocycles. The number of carbonyl (C=O) groups is 1. The molecule has 0 aromatic carbocycles. The monoisotopic (exact) mass is 776 g/mol. The SMILES string of the molecule is CCCCCCCCCCC/C=C/[C@@H](O)[C@H](COP(=O)(O)OCC[N+](C)(C)C)NC(=O)CCCCCC[C@@H]1[C@@H](/C=C/[C@@H](O)CCCCC)[C@H](O)C[C@@H]1O. The van der Waals surface area contributed by atoms with E-state index in [0.717, 1.165) is 64.2 Å². The second-order valence-corrected chi connectivity index (χ2v) is 17.8. The highest BCUT2D eigenvalue weighted by molar-refractivity contribution is 7.47. The van der Waals surface area contributed by atoms with Crippen molar-refractivity contribution in [3.05, 3.63) is 24.3 Å². The third-order valence-corrected chi connectivity index (χ3v) is 11.3. The Morgan fingerprint density at radius 2 is 1.43 bits per heavy atom. The van der Waals surface area contributed by atoms with Gasteiger partial charge in [-0.15, -0.1) is 0 Å². The first-order valence-electron chi connectivity index (χ1n) is 21.0. The third-order valence-electron chi connectivity index (χ3n) is 10.3. The molecule has 0 bridgehead atoms. The van der Waals surface area contributed by atoms with Crippen LogP contribution in [0.5, 0.6) is 0 Å². The smallest absolute Gasteiger partial charge is 0.393 e. The summed E-state index contributed by atoms with van der Waals surface area (Å²) in [5.74, 6) is -0.526. The molecule has 1 aliphatic rings. The fourth-order valence-electron chi connectivity index (χ4n) is 6.84. The summed E-state index contributed by atoms with van der Waals surface area (Å²) in [6.07, 6.45) is 24.5. The number of amides is 1. The van der Waals surface area contributed by atoms with Gasteiger partial charge < -0.3 is 35.1 Å². The zero-order valence-electron chi connectivity index (χ0n) is 34.1. The number of hydrogen-bond donors (Lipinski definition) is 6. The normalized spacial score (nSPS) is 22.4. The highest BCUT2D eigenvalue weighted by Crippen LogP contribution is 2.43. The van der Waals surface area contributed by atoms with Gasteiger partial charge in [0.15, 0.2) is 0 Å². The van der Waals surface area contributed by atoms with Crippen molar-refractivity contribution in [2.45, 2.75) is 179 Å². The Labute approximate surface area is 322 Å². The number of likely N-dealkylation sites (N-methyl/N-ethyl adjacent to an activating group) is 1. The van der Waals surface area contributed by atoms with Gasteiger partial charge in [0.25, 0.3) is 0 Å². The van der Waals surface area contributed by atoms with Crippen LogP contribution in [0, 0.1) is 11.8 Å². The molecule has 0 heterocycles. The molecule has 8 atom stereocenters. The lowest BCUT2D eigenvalue weighted by Gasteiger charge is -2.25. The average molecular weight is 776 g/mol. The van der Waals surface area contributed by atoms with Gasteiger partial charge in [-0.25, -0.2) is 4.57 Å². The van der Waals surface area contributed by atoms with Crippen molar-refractivity contribution in [1.29, 1.82) is 0 Å². The van der Waals surface area contributed by atoms with Crippen LogP contribution < -0.4 is 5.32 Å². The van der Waals surface area contributed by atoms with Crippen LogP contribution in [0.15, 0.2) is 24.3 Å². The first-order valence-corrected chi connectivity index (χ1v) is 22.5. The molecule has 6 N–H and O–H groups in total. The van der Waals surface area contributed by atoms with E-state index in [0.29, 0.717) is 30.3 Å². The van der Waals surface area contributed by atoms with Crippen LogP contribution in [0.3, 0.4) is 0 Å². The number of hydrogen-bond acceptors (Lipinski definition) is 8. The fourth-order valence-corrected chi connectivity index (χ4v) is 7.58. The quantitative estimate of drug-likeness (QED) is 0.0173. The number of nitrogens with one attached hydrogen (secondary N) is 1. The Hall–Kier alpha value is -1.14. The van der Waals surface area contributed by atoms with E-state index in [4.69, 9.17) is 9.05 Å². The van der Waals surface area contributed by atoms with E-state index in [2.05, 4.69) is 19.2 Å². The third kappa shape index (κ3) is 25.6. The Morgan fingerprint density at radius 3 is 2.09 bits per heavy atom. The lowest BCUT2D eigenvalue weighted by atomic mass is 9.88. The van der Waals surface area contributed by atoms with E-state index in [9.17, 15) is 34.7 Å². The van der Waals surface area contributed by atoms with Gasteiger partial charge in [0.05, 0.1) is 58.2 Å². The lowest BCUT2D eigenvalue weighted by molar-refractivity contribution is -0.870. The number of aliphatic hydroxyl groups is 4. The molecule has 0 saturated heterocycles. The van der Waals surface area contributed by atoms with Gasteiger partial charge in [0, 0.05) is 18.8 Å². The Balaban J connectivity index is 2.57. The van der Waals surface area contributed by atoms with Gasteiger partial charge in [0.1, 0.15) is 13.2 Å². The molecule has 1 amide bonds. The van der Waals surface area contributed by atoms with Gasteiger partial charge in [-0.2, -0.15) is 0 Å². The van der Waals surface area contributed by atoms with Gasteiger partial charge in [-0.3, -0.25) is 13.8 Å². The molecule has 0 radical (unpaired) electrons. The van der Waals surface area contributed by atoms with Crippen LogP contribution >= 0.6 is 7.82 Å². The number of carbonyl (C=O) groups excluding carboxylic acids is 1. The largest absolute Gasteiger partial charge is 0.472 e. The number of unbranched alkanes of at least 4 members (excludes halogenated alkanes) is 14. The summed E-state index contributed by atoms with van der Waals surface area (Å²) in [5, 5.41) is 45.2. The summed E-state index contributed by atoms with van der Waals surface area (Å²) in [7, 11) is 1.44. The molecule has 0 aromatic heterocycles. The van der Waals surface area contributed by atoms with Gasteiger partial charge in [-0.1, -0.05) is 128 Å². The van der Waals surface area contributed by atoms with Crippen molar-refractivity contribution in [2.24, 2.45) is 11.8 Å². The Bertz CT molecular complexity index is 1040. The van der Waals surface area contributed by atoms with Crippen molar-refractivity contribution in [3.8, 4) is 0 Å². The molecule has 1 aliphatic carbocycles. The molecular weight excluding hydrogens is 695 g/mol. The summed E-state index contributed by atoms with van der Waals surface area (Å²) in [6, 6.07) is -0.922. The van der Waals surface area contributed by atoms with E-state index in [1.807, 2.05) is 33.3 Å². The van der Waals surface area contributed by atoms with E-state index in [1.54, 1.807) is 12.2 Å². The summed E-state index contributed by atoms with van der Waals surface area (Å²) in [6.45, 7) is 4.50. The summed E-state index contributed by atoms with van der Waals surface area (Å²) < 4.78 is 23.5. The minimum atomic E-state index is -4.39. The van der Waals surface area contributed by atoms with Crippen LogP contribution in [-0.2, 0) is 18.4 Å². The molecule has 53 heavy (non-hydrogen) atoms. The minimum Gasteiger partial charge on any atom is -0.393 e. The predicted molar refractivity (Wildman–Crippen MR) is 214 cm³/mol. The molecule has 1 fully saturated rings. The summed E-state index contributed by atoms with van der Waals surface area (Å²) >= 11 is 0. The zero-order valence-corrected chi connectivity index (χ0v) is 35.0. The van der Waals surface area contributed by atoms with E-state index < -0.39 is 38.3 Å². The highest BCUT2D eigenvalue weighted by atomic mass is 31.2. The fraction of sp³-hybridized carbons (Fsp3) is 0.878. The topological polar surface area (TPSA) is 166 Å². The van der Waals surface area contributed by atoms with Crippen molar-refractivity contribution < 1.29 is 48.2 Å². The highest BCUT2D eigenvalue weighted by Gasteiger charge is 2.39. The maximum atomic E-state index is 12.9. The molecule has 0 spiro atoms. The first kappa shape index (κ1) is 49.9. The lowest BCUT2D eigenvalue weighted by Crippen LogP contribution is -2.45. The Kier molecular flexibility index (Phi) is 27.4. The maximum absolute atomic E-state index is 12.9. The summed E-state index contributed by atoms with van der Waals surface area (Å²) in [5.41, 5.74) is 0. The second-order valence-electron chi connectivity index (χ2n) is 16.3. The standard InChI is InChI=1S/C41H79N2O9P/c1-6-8-10-11-12-13-14-15-16-17-22-26-38(45)37(33-52-53(49,50)51-31-30-43(3,4)5)42-41(48)27-23-19-18-21-25-35-36(40(47)32-39(35)46)29-28-34(44)24-20-9-7-2/h22,26,28-29,34-40,44-47H,6-21,23-25,27,30-33H2,1-5H3,(H-,42,48,49,50)/p+1/b26-22+,29-28+/t34-,35+,36+,37-,38+,39-,40+/m0/s1. The molecule has 0 aromatic rings. The summed E-state index contributed by atoms with van der Waals surface area (Å²) in [4.78, 5) is 23.2. The number of allylic oxidation sites excluding steroid dienone is 1. The van der Waals surface area contributed by atoms with Crippen LogP contribution in [0.25, 0.3) is 0 Å². The molecule has 1 unspecified atom stereocenters. The molecular formula is C41H80N2O9P+. The van der Waals surface area contributed by atoms with Crippen LogP contribution in [0.2, 0.25) is 0 Å². The van der Waals surface area contributed by atoms with Gasteiger partial charge in [-0.05, 0) is 38.0 Å². The van der Waals surface area contributed by atoms with Gasteiger partial charge in [0.2, 0.25) is 5.91 Å². The number of phosphoric acid groups is 1. The number of rotatable bonds is 33. The molecule has 0 aliphatic heterocycles. The maximum Gasteiger partial charge on any atom is 0.472 e. The van der Waals surface area contributed by atoms with Crippen molar-refractivity contribution in [3.63, 3.8) is 0 Å². The average Bonchev–Trinajstić information content (AvgIpc) is 3.36. The molecule has 1 rings (SSSR count). The second kappa shape index (κ2) is 29.1. The number of nitrogens with zero attached hydrogens (tertiary/aromatic N) is 1. The molecule has 11 nitrogen and oxygen atoms in total. The van der Waals surface area contributed by atoms with Crippen molar-refractivity contribution >= 4 is 13.7 Å². The van der Waals surface area contributed by atoms with Crippen molar-refractivity contribution in [2.75, 3.05) is 40.9 Å². The molecule has 312 valence electrons. The van der Waals surface area contributed by atoms with Gasteiger partial charge >= 0.3 is 7.82 Å². The predicted octanol–water partition coefficient (Wildman–Crippen LogP) is 7.34. The number of aliphatic hydroxyl groups excluding tert-OH is 4. The van der Waals surface area contributed by atoms with E-state index in [-0.39, 0.29) is 37.4 Å². The van der Waals surface area contributed by atoms with E-state index >= 15 is 0 Å². The van der Waals surface area contributed by atoms with Crippen LogP contribution in [0.4, 0.5) is 0 Å². The zero-order chi connectivity index (χ0) is 39.5. The minimum absolute atomic E-state index is 0.0232. The van der Waals surface area contributed by atoms with E-state index in [1.165, 1.54) is 44.9 Å². The molecule has 12 heteroatoms.